The minimum Gasteiger partial charge on any atom is -0.444 e. The van der Waals surface area contributed by atoms with Crippen LogP contribution in [0.1, 0.15) is 49.3 Å². The number of aromatic nitrogens is 2. The molecule has 0 unspecified atom stereocenters. The van der Waals surface area contributed by atoms with E-state index in [9.17, 15) is 9.59 Å². The molecule has 0 radical (unpaired) electrons. The molecule has 2 amide bonds. The summed E-state index contributed by atoms with van der Waals surface area (Å²) in [4.78, 5) is 27.2. The van der Waals surface area contributed by atoms with E-state index < -0.39 is 11.7 Å². The number of carbonyl (C=O) groups excluding carboxylic acids is 2. The summed E-state index contributed by atoms with van der Waals surface area (Å²) >= 11 is 6.09. The van der Waals surface area contributed by atoms with Crippen molar-refractivity contribution in [2.75, 3.05) is 11.9 Å². The maximum Gasteiger partial charge on any atom is 0.410 e. The number of halogens is 1. The third-order valence-electron chi connectivity index (χ3n) is 4.97. The smallest absolute Gasteiger partial charge is 0.410 e. The standard InChI is InChI=1S/C25H29ClN4O3/c1-6-29(24(32)33-25(3,4)5)16-18-10-7-8-13-22(18)28-23(31)21-15-27-30(17(21)2)20-12-9-11-19(26)14-20/h7-15H,6,16H2,1-5H3,(H,28,31). The Morgan fingerprint density at radius 1 is 1.15 bits per heavy atom. The fourth-order valence-corrected chi connectivity index (χ4v) is 3.49. The molecule has 0 aliphatic carbocycles. The summed E-state index contributed by atoms with van der Waals surface area (Å²) in [6, 6.07) is 14.7. The topological polar surface area (TPSA) is 76.5 Å². The van der Waals surface area contributed by atoms with Crippen LogP contribution in [-0.4, -0.2) is 38.8 Å². The lowest BCUT2D eigenvalue weighted by Gasteiger charge is -2.27. The molecule has 0 aliphatic rings. The highest BCUT2D eigenvalue weighted by Crippen LogP contribution is 2.22. The summed E-state index contributed by atoms with van der Waals surface area (Å²) in [6.07, 6.45) is 1.14. The van der Waals surface area contributed by atoms with Crippen LogP contribution in [0.2, 0.25) is 5.02 Å². The van der Waals surface area contributed by atoms with Gasteiger partial charge in [-0.2, -0.15) is 5.10 Å². The Labute approximate surface area is 199 Å². The zero-order chi connectivity index (χ0) is 24.2. The first-order chi connectivity index (χ1) is 15.6. The highest BCUT2D eigenvalue weighted by atomic mass is 35.5. The van der Waals surface area contributed by atoms with Gasteiger partial charge in [0.2, 0.25) is 0 Å². The second kappa shape index (κ2) is 10.1. The van der Waals surface area contributed by atoms with E-state index in [2.05, 4.69) is 10.4 Å². The van der Waals surface area contributed by atoms with Crippen molar-refractivity contribution >= 4 is 29.3 Å². The van der Waals surface area contributed by atoms with Crippen molar-refractivity contribution in [1.82, 2.24) is 14.7 Å². The molecule has 0 fully saturated rings. The van der Waals surface area contributed by atoms with Gasteiger partial charge in [0.05, 0.1) is 29.7 Å². The van der Waals surface area contributed by atoms with Crippen LogP contribution in [0.15, 0.2) is 54.7 Å². The Morgan fingerprint density at radius 3 is 2.55 bits per heavy atom. The van der Waals surface area contributed by atoms with Gasteiger partial charge in [-0.05, 0) is 64.4 Å². The van der Waals surface area contributed by atoms with Crippen LogP contribution in [0.3, 0.4) is 0 Å². The van der Waals surface area contributed by atoms with Gasteiger partial charge in [-0.3, -0.25) is 4.79 Å². The van der Waals surface area contributed by atoms with Gasteiger partial charge in [-0.25, -0.2) is 9.48 Å². The van der Waals surface area contributed by atoms with Gasteiger partial charge in [0.1, 0.15) is 5.60 Å². The SMILES string of the molecule is CCN(Cc1ccccc1NC(=O)c1cnn(-c2cccc(Cl)c2)c1C)C(=O)OC(C)(C)C. The summed E-state index contributed by atoms with van der Waals surface area (Å²) in [5.74, 6) is -0.284. The number of nitrogens with one attached hydrogen (secondary N) is 1. The second-order valence-electron chi connectivity index (χ2n) is 8.64. The molecule has 0 saturated carbocycles. The molecule has 1 N–H and O–H groups in total. The first kappa shape index (κ1) is 24.3. The summed E-state index contributed by atoms with van der Waals surface area (Å²) in [5, 5.41) is 7.91. The lowest BCUT2D eigenvalue weighted by molar-refractivity contribution is 0.0245. The zero-order valence-electron chi connectivity index (χ0n) is 19.6. The van der Waals surface area contributed by atoms with Gasteiger partial charge in [0, 0.05) is 17.3 Å². The predicted octanol–water partition coefficient (Wildman–Crippen LogP) is 5.84. The number of carbonyl (C=O) groups is 2. The molecule has 174 valence electrons. The minimum atomic E-state index is -0.584. The third kappa shape index (κ3) is 6.14. The van der Waals surface area contributed by atoms with Crippen molar-refractivity contribution in [3.8, 4) is 5.69 Å². The van der Waals surface area contributed by atoms with Gasteiger partial charge < -0.3 is 15.0 Å². The van der Waals surface area contributed by atoms with E-state index in [-0.39, 0.29) is 5.91 Å². The molecular formula is C25H29ClN4O3. The number of hydrogen-bond donors (Lipinski definition) is 1. The Bertz CT molecular complexity index is 1150. The quantitative estimate of drug-likeness (QED) is 0.492. The summed E-state index contributed by atoms with van der Waals surface area (Å²) in [7, 11) is 0. The number of hydrogen-bond acceptors (Lipinski definition) is 4. The van der Waals surface area contributed by atoms with E-state index in [1.165, 1.54) is 6.20 Å². The molecule has 0 spiro atoms. The zero-order valence-corrected chi connectivity index (χ0v) is 20.3. The third-order valence-corrected chi connectivity index (χ3v) is 5.20. The van der Waals surface area contributed by atoms with Crippen molar-refractivity contribution in [2.45, 2.75) is 46.8 Å². The number of nitrogens with zero attached hydrogens (tertiary/aromatic N) is 3. The van der Waals surface area contributed by atoms with Crippen LogP contribution in [0.5, 0.6) is 0 Å². The molecule has 0 atom stereocenters. The monoisotopic (exact) mass is 468 g/mol. The van der Waals surface area contributed by atoms with Crippen LogP contribution in [-0.2, 0) is 11.3 Å². The lowest BCUT2D eigenvalue weighted by Crippen LogP contribution is -2.36. The average Bonchev–Trinajstić information content (AvgIpc) is 3.13. The Morgan fingerprint density at radius 2 is 1.88 bits per heavy atom. The van der Waals surface area contributed by atoms with Crippen LogP contribution in [0.4, 0.5) is 10.5 Å². The molecule has 7 nitrogen and oxygen atoms in total. The average molecular weight is 469 g/mol. The highest BCUT2D eigenvalue weighted by Gasteiger charge is 2.23. The van der Waals surface area contributed by atoms with E-state index in [0.717, 1.165) is 11.3 Å². The Hall–Kier alpha value is -3.32. The fourth-order valence-electron chi connectivity index (χ4n) is 3.31. The maximum atomic E-state index is 13.1. The molecular weight excluding hydrogens is 440 g/mol. The van der Waals surface area contributed by atoms with Gasteiger partial charge in [-0.15, -0.1) is 0 Å². The highest BCUT2D eigenvalue weighted by molar-refractivity contribution is 6.30. The minimum absolute atomic E-state index is 0.284. The first-order valence-electron chi connectivity index (χ1n) is 10.8. The van der Waals surface area contributed by atoms with Crippen molar-refractivity contribution < 1.29 is 14.3 Å². The Kier molecular flexibility index (Phi) is 7.43. The summed E-state index contributed by atoms with van der Waals surface area (Å²) in [6.45, 7) is 10.00. The summed E-state index contributed by atoms with van der Waals surface area (Å²) in [5.41, 5.74) is 2.76. The van der Waals surface area contributed by atoms with Crippen molar-refractivity contribution in [3.05, 3.63) is 76.6 Å². The van der Waals surface area contributed by atoms with Crippen molar-refractivity contribution in [3.63, 3.8) is 0 Å². The van der Waals surface area contributed by atoms with Crippen LogP contribution in [0.25, 0.3) is 5.69 Å². The molecule has 0 aliphatic heterocycles. The van der Waals surface area contributed by atoms with Gasteiger partial charge in [0.15, 0.2) is 0 Å². The molecule has 8 heteroatoms. The number of anilines is 1. The van der Waals surface area contributed by atoms with Crippen LogP contribution in [0, 0.1) is 6.92 Å². The number of ether oxygens (including phenoxy) is 1. The normalized spacial score (nSPS) is 11.2. The van der Waals surface area contributed by atoms with Gasteiger partial charge in [-0.1, -0.05) is 35.9 Å². The largest absolute Gasteiger partial charge is 0.444 e. The molecule has 0 saturated heterocycles. The van der Waals surface area contributed by atoms with Crippen molar-refractivity contribution in [1.29, 1.82) is 0 Å². The molecule has 2 aromatic carbocycles. The number of amides is 2. The molecule has 33 heavy (non-hydrogen) atoms. The molecule has 1 aromatic heterocycles. The van der Waals surface area contributed by atoms with E-state index in [1.54, 1.807) is 21.7 Å². The fraction of sp³-hybridized carbons (Fsp3) is 0.320. The predicted molar refractivity (Wildman–Crippen MR) is 130 cm³/mol. The van der Waals surface area contributed by atoms with Gasteiger partial charge in [0.25, 0.3) is 5.91 Å². The maximum absolute atomic E-state index is 13.1. The van der Waals surface area contributed by atoms with Crippen molar-refractivity contribution in [2.24, 2.45) is 0 Å². The molecule has 0 bridgehead atoms. The van der Waals surface area contributed by atoms with Gasteiger partial charge >= 0.3 is 6.09 Å². The van der Waals surface area contributed by atoms with E-state index in [0.29, 0.717) is 35.1 Å². The van der Waals surface area contributed by atoms with Crippen LogP contribution < -0.4 is 5.32 Å². The van der Waals surface area contributed by atoms with E-state index in [4.69, 9.17) is 16.3 Å². The number of rotatable bonds is 6. The van der Waals surface area contributed by atoms with Crippen LogP contribution >= 0.6 is 11.6 Å². The van der Waals surface area contributed by atoms with E-state index in [1.807, 2.05) is 71.0 Å². The molecule has 3 rings (SSSR count). The molecule has 1 heterocycles. The summed E-state index contributed by atoms with van der Waals surface area (Å²) < 4.78 is 7.18. The first-order valence-corrected chi connectivity index (χ1v) is 11.1. The van der Waals surface area contributed by atoms with E-state index >= 15 is 0 Å². The number of para-hydroxylation sites is 1. The number of benzene rings is 2. The molecule has 3 aromatic rings. The Balaban J connectivity index is 1.80. The lowest BCUT2D eigenvalue weighted by atomic mass is 10.1. The second-order valence-corrected chi connectivity index (χ2v) is 9.08.